The fourth-order valence-corrected chi connectivity index (χ4v) is 3.15. The first-order valence-corrected chi connectivity index (χ1v) is 7.56. The zero-order valence-corrected chi connectivity index (χ0v) is 13.0. The van der Waals surface area contributed by atoms with Gasteiger partial charge in [-0.2, -0.15) is 0 Å². The van der Waals surface area contributed by atoms with Crippen molar-refractivity contribution in [3.8, 4) is 0 Å². The van der Waals surface area contributed by atoms with Crippen molar-refractivity contribution in [2.24, 2.45) is 17.8 Å². The fraction of sp³-hybridized carbons (Fsp3) is 0.867. The third-order valence-electron chi connectivity index (χ3n) is 4.14. The van der Waals surface area contributed by atoms with E-state index in [9.17, 15) is 14.7 Å². The second-order valence-electron chi connectivity index (χ2n) is 6.97. The third-order valence-corrected chi connectivity index (χ3v) is 4.14. The first-order valence-electron chi connectivity index (χ1n) is 7.56. The molecule has 21 heavy (non-hydrogen) atoms. The molecule has 0 aromatic rings. The molecule has 3 atom stereocenters. The standard InChI is InChI=1S/C15H25NO5/c1-15(2,3)21-14(19)16-7-11(12(8-16)13(17)18)10-5-4-6-20-9-10/h10-12H,4-9H2,1-3H3,(H,17,18). The molecule has 0 saturated carbocycles. The number of nitrogens with zero attached hydrogens (tertiary/aromatic N) is 1. The Balaban J connectivity index is 2.04. The number of amides is 1. The maximum atomic E-state index is 12.1. The molecule has 2 aliphatic heterocycles. The van der Waals surface area contributed by atoms with Gasteiger partial charge < -0.3 is 19.5 Å². The molecule has 0 aliphatic carbocycles. The highest BCUT2D eigenvalue weighted by Crippen LogP contribution is 2.35. The highest BCUT2D eigenvalue weighted by atomic mass is 16.6. The van der Waals surface area contributed by atoms with Crippen molar-refractivity contribution in [3.05, 3.63) is 0 Å². The van der Waals surface area contributed by atoms with E-state index in [2.05, 4.69) is 0 Å². The molecule has 6 nitrogen and oxygen atoms in total. The predicted octanol–water partition coefficient (Wildman–Crippen LogP) is 1.98. The van der Waals surface area contributed by atoms with Gasteiger partial charge in [0.15, 0.2) is 0 Å². The first-order chi connectivity index (χ1) is 9.78. The van der Waals surface area contributed by atoms with Crippen LogP contribution in [0.15, 0.2) is 0 Å². The predicted molar refractivity (Wildman–Crippen MR) is 76.0 cm³/mol. The molecule has 2 heterocycles. The summed E-state index contributed by atoms with van der Waals surface area (Å²) in [6.07, 6.45) is 1.50. The number of rotatable bonds is 2. The average Bonchev–Trinajstić information content (AvgIpc) is 2.83. The summed E-state index contributed by atoms with van der Waals surface area (Å²) in [5, 5.41) is 9.43. The van der Waals surface area contributed by atoms with Gasteiger partial charge >= 0.3 is 12.1 Å². The van der Waals surface area contributed by atoms with E-state index >= 15 is 0 Å². The minimum absolute atomic E-state index is 0.0460. The molecule has 2 saturated heterocycles. The molecule has 0 spiro atoms. The fourth-order valence-electron chi connectivity index (χ4n) is 3.15. The van der Waals surface area contributed by atoms with Crippen LogP contribution in [-0.2, 0) is 14.3 Å². The molecule has 0 radical (unpaired) electrons. The quantitative estimate of drug-likeness (QED) is 0.843. The molecule has 120 valence electrons. The van der Waals surface area contributed by atoms with Crippen LogP contribution in [0.2, 0.25) is 0 Å². The van der Waals surface area contributed by atoms with Crippen molar-refractivity contribution >= 4 is 12.1 Å². The van der Waals surface area contributed by atoms with Crippen LogP contribution in [0.5, 0.6) is 0 Å². The average molecular weight is 299 g/mol. The second-order valence-corrected chi connectivity index (χ2v) is 6.97. The van der Waals surface area contributed by atoms with Gasteiger partial charge in [0.25, 0.3) is 0 Å². The van der Waals surface area contributed by atoms with E-state index < -0.39 is 23.6 Å². The summed E-state index contributed by atoms with van der Waals surface area (Å²) in [6, 6.07) is 0. The van der Waals surface area contributed by atoms with Gasteiger partial charge in [-0.15, -0.1) is 0 Å². The van der Waals surface area contributed by atoms with Gasteiger partial charge in [0, 0.05) is 26.3 Å². The molecule has 3 unspecified atom stereocenters. The molecule has 2 fully saturated rings. The zero-order valence-electron chi connectivity index (χ0n) is 13.0. The third kappa shape index (κ3) is 4.09. The Kier molecular flexibility index (Phi) is 4.76. The number of hydrogen-bond acceptors (Lipinski definition) is 4. The van der Waals surface area contributed by atoms with Crippen LogP contribution in [0, 0.1) is 17.8 Å². The van der Waals surface area contributed by atoms with Gasteiger partial charge in [-0.3, -0.25) is 4.79 Å². The summed E-state index contributed by atoms with van der Waals surface area (Å²) < 4.78 is 10.8. The Morgan fingerprint density at radius 1 is 1.29 bits per heavy atom. The molecular formula is C15H25NO5. The van der Waals surface area contributed by atoms with E-state index in [1.165, 1.54) is 4.90 Å². The lowest BCUT2D eigenvalue weighted by atomic mass is 9.81. The normalized spacial score (nSPS) is 30.2. The number of carboxylic acids is 1. The SMILES string of the molecule is CC(C)(C)OC(=O)N1CC(C(=O)O)C(C2CCCOC2)C1. The summed E-state index contributed by atoms with van der Waals surface area (Å²) in [7, 11) is 0. The summed E-state index contributed by atoms with van der Waals surface area (Å²) in [6.45, 7) is 7.44. The van der Waals surface area contributed by atoms with Crippen molar-refractivity contribution in [1.82, 2.24) is 4.90 Å². The van der Waals surface area contributed by atoms with Crippen molar-refractivity contribution < 1.29 is 24.2 Å². The number of carbonyl (C=O) groups excluding carboxylic acids is 1. The highest BCUT2D eigenvalue weighted by molar-refractivity contribution is 5.74. The minimum Gasteiger partial charge on any atom is -0.481 e. The Labute approximate surface area is 125 Å². The first kappa shape index (κ1) is 16.1. The summed E-state index contributed by atoms with van der Waals surface area (Å²) in [5.41, 5.74) is -0.568. The zero-order chi connectivity index (χ0) is 15.6. The lowest BCUT2D eigenvalue weighted by Crippen LogP contribution is -2.36. The largest absolute Gasteiger partial charge is 0.481 e. The van der Waals surface area contributed by atoms with E-state index in [1.54, 1.807) is 0 Å². The maximum Gasteiger partial charge on any atom is 0.410 e. The van der Waals surface area contributed by atoms with Crippen molar-refractivity contribution in [2.75, 3.05) is 26.3 Å². The maximum absolute atomic E-state index is 12.1. The lowest BCUT2D eigenvalue weighted by Gasteiger charge is -2.29. The summed E-state index contributed by atoms with van der Waals surface area (Å²) in [5.74, 6) is -1.19. The summed E-state index contributed by atoms with van der Waals surface area (Å²) in [4.78, 5) is 25.2. The van der Waals surface area contributed by atoms with E-state index in [4.69, 9.17) is 9.47 Å². The number of likely N-dealkylation sites (tertiary alicyclic amines) is 1. The Morgan fingerprint density at radius 2 is 2.00 bits per heavy atom. The molecule has 0 aromatic heterocycles. The monoisotopic (exact) mass is 299 g/mol. The van der Waals surface area contributed by atoms with Gasteiger partial charge in [-0.25, -0.2) is 4.79 Å². The van der Waals surface area contributed by atoms with Crippen LogP contribution in [0.3, 0.4) is 0 Å². The van der Waals surface area contributed by atoms with Gasteiger partial charge in [-0.05, 0) is 45.4 Å². The molecule has 0 bridgehead atoms. The molecule has 1 N–H and O–H groups in total. The Morgan fingerprint density at radius 3 is 2.52 bits per heavy atom. The molecular weight excluding hydrogens is 274 g/mol. The summed E-state index contributed by atoms with van der Waals surface area (Å²) >= 11 is 0. The molecule has 0 aromatic carbocycles. The van der Waals surface area contributed by atoms with E-state index in [0.29, 0.717) is 13.2 Å². The molecule has 2 aliphatic rings. The lowest BCUT2D eigenvalue weighted by molar-refractivity contribution is -0.143. The highest BCUT2D eigenvalue weighted by Gasteiger charge is 2.44. The Hall–Kier alpha value is -1.30. The van der Waals surface area contributed by atoms with Gasteiger partial charge in [0.05, 0.1) is 5.92 Å². The number of carboxylic acid groups (broad SMARTS) is 1. The molecule has 2 rings (SSSR count). The van der Waals surface area contributed by atoms with Gasteiger partial charge in [0.1, 0.15) is 5.60 Å². The topological polar surface area (TPSA) is 76.1 Å². The van der Waals surface area contributed by atoms with E-state index in [1.807, 2.05) is 20.8 Å². The van der Waals surface area contributed by atoms with Crippen LogP contribution in [-0.4, -0.2) is 54.0 Å². The molecule has 6 heteroatoms. The van der Waals surface area contributed by atoms with Crippen molar-refractivity contribution in [1.29, 1.82) is 0 Å². The number of aliphatic carboxylic acids is 1. The van der Waals surface area contributed by atoms with Crippen LogP contribution in [0.25, 0.3) is 0 Å². The second kappa shape index (κ2) is 6.22. The molecule has 1 amide bonds. The minimum atomic E-state index is -0.836. The van der Waals surface area contributed by atoms with Crippen LogP contribution < -0.4 is 0 Å². The van der Waals surface area contributed by atoms with Crippen molar-refractivity contribution in [3.63, 3.8) is 0 Å². The Bertz CT molecular complexity index is 397. The van der Waals surface area contributed by atoms with E-state index in [0.717, 1.165) is 19.4 Å². The van der Waals surface area contributed by atoms with Crippen LogP contribution in [0.1, 0.15) is 33.6 Å². The number of ether oxygens (including phenoxy) is 2. The van der Waals surface area contributed by atoms with E-state index in [-0.39, 0.29) is 18.4 Å². The smallest absolute Gasteiger partial charge is 0.410 e. The van der Waals surface area contributed by atoms with Crippen LogP contribution >= 0.6 is 0 Å². The number of hydrogen-bond donors (Lipinski definition) is 1. The van der Waals surface area contributed by atoms with Crippen LogP contribution in [0.4, 0.5) is 4.79 Å². The van der Waals surface area contributed by atoms with Gasteiger partial charge in [-0.1, -0.05) is 0 Å². The van der Waals surface area contributed by atoms with Gasteiger partial charge in [0.2, 0.25) is 0 Å². The number of carbonyl (C=O) groups is 2. The van der Waals surface area contributed by atoms with Crippen molar-refractivity contribution in [2.45, 2.75) is 39.2 Å².